The third-order valence-electron chi connectivity index (χ3n) is 14.2. The molecule has 0 aromatic carbocycles. The van der Waals surface area contributed by atoms with E-state index in [2.05, 4.69) is 31.3 Å². The van der Waals surface area contributed by atoms with Crippen LogP contribution in [0.15, 0.2) is 12.2 Å². The van der Waals surface area contributed by atoms with E-state index in [0.29, 0.717) is 12.8 Å². The molecule has 0 saturated heterocycles. The Bertz CT molecular complexity index is 944. The Hall–Kier alpha value is -0.950. The van der Waals surface area contributed by atoms with Crippen molar-refractivity contribution in [2.75, 3.05) is 6.61 Å². The Morgan fingerprint density at radius 1 is 0.369 bits per heavy atom. The van der Waals surface area contributed by atoms with Crippen LogP contribution in [0.3, 0.4) is 0 Å². The van der Waals surface area contributed by atoms with Gasteiger partial charge in [-0.3, -0.25) is 4.79 Å². The number of carbonyl (C=O) groups is 1. The number of rotatable bonds is 55. The zero-order valence-electron chi connectivity index (χ0n) is 44.0. The first-order chi connectivity index (χ1) is 32.0. The fraction of sp³-hybridized carbons (Fsp3) is 0.949. The summed E-state index contributed by atoms with van der Waals surface area (Å²) in [6.45, 7) is 4.09. The molecule has 4 unspecified atom stereocenters. The zero-order valence-corrected chi connectivity index (χ0v) is 44.0. The maximum absolute atomic E-state index is 12.6. The summed E-state index contributed by atoms with van der Waals surface area (Å²) in [6, 6.07) is -0.986. The smallest absolute Gasteiger partial charge is 0.249 e. The molecule has 0 spiro atoms. The highest BCUT2D eigenvalue weighted by Crippen LogP contribution is 2.19. The molecule has 5 N–H and O–H groups in total. The summed E-state index contributed by atoms with van der Waals surface area (Å²) in [7, 11) is 0. The van der Waals surface area contributed by atoms with Crippen molar-refractivity contribution in [2.24, 2.45) is 0 Å². The highest BCUT2D eigenvalue weighted by atomic mass is 16.3. The van der Waals surface area contributed by atoms with Crippen LogP contribution in [0, 0.1) is 0 Å². The minimum absolute atomic E-state index is 0.365. The van der Waals surface area contributed by atoms with Gasteiger partial charge in [-0.1, -0.05) is 302 Å². The molecule has 0 radical (unpaired) electrons. The van der Waals surface area contributed by atoms with Crippen molar-refractivity contribution in [3.8, 4) is 0 Å². The summed E-state index contributed by atoms with van der Waals surface area (Å²) in [5.41, 5.74) is 0. The third kappa shape index (κ3) is 47.9. The van der Waals surface area contributed by atoms with Gasteiger partial charge in [-0.05, 0) is 38.5 Å². The van der Waals surface area contributed by atoms with E-state index in [1.54, 1.807) is 0 Å². The Balaban J connectivity index is 3.58. The van der Waals surface area contributed by atoms with Gasteiger partial charge in [-0.15, -0.1) is 0 Å². The zero-order chi connectivity index (χ0) is 47.4. The summed E-state index contributed by atoms with van der Waals surface area (Å²) in [5.74, 6) is -0.583. The van der Waals surface area contributed by atoms with Crippen LogP contribution in [0.4, 0.5) is 0 Å². The summed E-state index contributed by atoms with van der Waals surface area (Å²) < 4.78 is 0. The predicted molar refractivity (Wildman–Crippen MR) is 284 cm³/mol. The lowest BCUT2D eigenvalue weighted by molar-refractivity contribution is -0.132. The average Bonchev–Trinajstić information content (AvgIpc) is 3.31. The molecule has 0 bridgehead atoms. The van der Waals surface area contributed by atoms with E-state index in [9.17, 15) is 25.2 Å². The lowest BCUT2D eigenvalue weighted by atomic mass is 9.99. The normalized spacial score (nSPS) is 13.8. The van der Waals surface area contributed by atoms with Gasteiger partial charge >= 0.3 is 0 Å². The molecule has 0 fully saturated rings. The SMILES string of the molecule is CCCCCCCCCCCC/C=C\CCCCCCCCC(O)C(=O)NC(CO)C(O)C(O)CCCCCCCCCCCCCCCCCCCCCCCCCCCCCCC. The van der Waals surface area contributed by atoms with Gasteiger partial charge in [0.25, 0.3) is 0 Å². The number of nitrogens with one attached hydrogen (secondary N) is 1. The second kappa shape index (κ2) is 54.0. The van der Waals surface area contributed by atoms with Crippen molar-refractivity contribution >= 4 is 5.91 Å². The van der Waals surface area contributed by atoms with Crippen molar-refractivity contribution in [1.82, 2.24) is 5.32 Å². The number of allylic oxidation sites excluding steroid dienone is 2. The van der Waals surface area contributed by atoms with E-state index in [0.717, 1.165) is 44.9 Å². The van der Waals surface area contributed by atoms with E-state index >= 15 is 0 Å². The van der Waals surface area contributed by atoms with Crippen LogP contribution in [0.25, 0.3) is 0 Å². The maximum Gasteiger partial charge on any atom is 0.249 e. The second-order valence-electron chi connectivity index (χ2n) is 20.7. The number of aliphatic hydroxyl groups excluding tert-OH is 4. The van der Waals surface area contributed by atoms with Crippen LogP contribution < -0.4 is 5.32 Å². The van der Waals surface area contributed by atoms with E-state index < -0.39 is 36.9 Å². The number of hydrogen-bond donors (Lipinski definition) is 5. The van der Waals surface area contributed by atoms with Gasteiger partial charge in [-0.2, -0.15) is 0 Å². The third-order valence-corrected chi connectivity index (χ3v) is 14.2. The lowest BCUT2D eigenvalue weighted by Crippen LogP contribution is -2.53. The van der Waals surface area contributed by atoms with Crippen molar-refractivity contribution in [3.63, 3.8) is 0 Å². The number of amides is 1. The van der Waals surface area contributed by atoms with Gasteiger partial charge in [0.15, 0.2) is 0 Å². The monoisotopic (exact) mass is 920 g/mol. The summed E-state index contributed by atoms with van der Waals surface area (Å²) >= 11 is 0. The van der Waals surface area contributed by atoms with Gasteiger partial charge in [0.05, 0.1) is 18.8 Å². The van der Waals surface area contributed by atoms with Crippen LogP contribution in [0.5, 0.6) is 0 Å². The molecule has 0 aliphatic heterocycles. The molecule has 0 aromatic heterocycles. The summed E-state index contributed by atoms with van der Waals surface area (Å²) in [5, 5.41) is 44.1. The van der Waals surface area contributed by atoms with Crippen molar-refractivity contribution in [3.05, 3.63) is 12.2 Å². The molecule has 388 valence electrons. The molecule has 0 aliphatic carbocycles. The number of unbranched alkanes of at least 4 members (excludes halogenated alkanes) is 44. The van der Waals surface area contributed by atoms with Gasteiger partial charge < -0.3 is 25.7 Å². The minimum atomic E-state index is -1.26. The molecule has 4 atom stereocenters. The number of aliphatic hydroxyl groups is 4. The van der Waals surface area contributed by atoms with Gasteiger partial charge in [-0.25, -0.2) is 0 Å². The Morgan fingerprint density at radius 3 is 0.892 bits per heavy atom. The quantitative estimate of drug-likeness (QED) is 0.0308. The Kier molecular flexibility index (Phi) is 53.2. The molecule has 0 rings (SSSR count). The van der Waals surface area contributed by atoms with Crippen molar-refractivity contribution in [2.45, 2.75) is 353 Å². The van der Waals surface area contributed by atoms with E-state index in [-0.39, 0.29) is 0 Å². The van der Waals surface area contributed by atoms with E-state index in [4.69, 9.17) is 0 Å². The number of hydrogen-bond acceptors (Lipinski definition) is 5. The molecule has 6 nitrogen and oxygen atoms in total. The minimum Gasteiger partial charge on any atom is -0.394 e. The molecule has 0 saturated carbocycles. The molecule has 0 heterocycles. The molecule has 1 amide bonds. The fourth-order valence-corrected chi connectivity index (χ4v) is 9.58. The molecular formula is C59H117NO5. The average molecular weight is 921 g/mol. The number of carbonyl (C=O) groups excluding carboxylic acids is 1. The van der Waals surface area contributed by atoms with Crippen molar-refractivity contribution < 1.29 is 25.2 Å². The first-order valence-corrected chi connectivity index (χ1v) is 29.6. The Labute approximate surface area is 406 Å². The van der Waals surface area contributed by atoms with E-state index in [1.807, 2.05) is 0 Å². The van der Waals surface area contributed by atoms with Gasteiger partial charge in [0.2, 0.25) is 5.91 Å². The molecule has 6 heteroatoms. The van der Waals surface area contributed by atoms with Gasteiger partial charge in [0, 0.05) is 0 Å². The topological polar surface area (TPSA) is 110 Å². The molecule has 0 aliphatic rings. The largest absolute Gasteiger partial charge is 0.394 e. The summed E-state index contributed by atoms with van der Waals surface area (Å²) in [6.07, 6.45) is 64.3. The first kappa shape index (κ1) is 64.0. The first-order valence-electron chi connectivity index (χ1n) is 29.6. The predicted octanol–water partition coefficient (Wildman–Crippen LogP) is 17.3. The summed E-state index contributed by atoms with van der Waals surface area (Å²) in [4.78, 5) is 12.6. The Morgan fingerprint density at radius 2 is 0.615 bits per heavy atom. The highest BCUT2D eigenvalue weighted by molar-refractivity contribution is 5.80. The van der Waals surface area contributed by atoms with Crippen LogP contribution in [0.1, 0.15) is 328 Å². The lowest BCUT2D eigenvalue weighted by Gasteiger charge is -2.27. The molecule has 65 heavy (non-hydrogen) atoms. The van der Waals surface area contributed by atoms with Crippen LogP contribution in [0.2, 0.25) is 0 Å². The fourth-order valence-electron chi connectivity index (χ4n) is 9.58. The van der Waals surface area contributed by atoms with E-state index in [1.165, 1.54) is 257 Å². The highest BCUT2D eigenvalue weighted by Gasteiger charge is 2.28. The van der Waals surface area contributed by atoms with Crippen molar-refractivity contribution in [1.29, 1.82) is 0 Å². The van der Waals surface area contributed by atoms with Gasteiger partial charge in [0.1, 0.15) is 12.2 Å². The standard InChI is InChI=1S/C59H117NO5/c1-3-5-7-9-11-13-15-17-19-21-23-25-26-27-28-29-30-31-32-33-35-36-38-40-42-44-46-48-50-52-56(62)58(64)55(54-61)60-59(65)57(63)53-51-49-47-45-43-41-39-37-34-24-22-20-18-16-14-12-10-8-6-4-2/h34,37,55-58,61-64H,3-33,35-36,38-54H2,1-2H3,(H,60,65)/b37-34-. The van der Waals surface area contributed by atoms with Crippen LogP contribution >= 0.6 is 0 Å². The van der Waals surface area contributed by atoms with Crippen LogP contribution in [-0.4, -0.2) is 57.3 Å². The molecule has 0 aromatic rings. The molecular weight excluding hydrogens is 803 g/mol. The maximum atomic E-state index is 12.6. The second-order valence-corrected chi connectivity index (χ2v) is 20.7. The van der Waals surface area contributed by atoms with Crippen LogP contribution in [-0.2, 0) is 4.79 Å².